The first-order valence-electron chi connectivity index (χ1n) is 6.80. The number of unbranched alkanes of at least 4 members (excludes halogenated alkanes) is 1. The van der Waals surface area contributed by atoms with E-state index in [1.165, 1.54) is 5.56 Å². The summed E-state index contributed by atoms with van der Waals surface area (Å²) in [7, 11) is 1.69. The minimum atomic E-state index is 0.366. The molecule has 0 heterocycles. The molecular formula is C15H24BrNO2. The SMILES string of the molecule is COCCOCCCCNC(C)c1ccccc1Br. The van der Waals surface area contributed by atoms with Crippen molar-refractivity contribution < 1.29 is 9.47 Å². The van der Waals surface area contributed by atoms with Gasteiger partial charge in [-0.2, -0.15) is 0 Å². The average Bonchev–Trinajstić information content (AvgIpc) is 2.42. The molecule has 0 aliphatic rings. The maximum absolute atomic E-state index is 5.42. The summed E-state index contributed by atoms with van der Waals surface area (Å²) in [4.78, 5) is 0. The van der Waals surface area contributed by atoms with Gasteiger partial charge in [0.2, 0.25) is 0 Å². The van der Waals surface area contributed by atoms with Crippen molar-refractivity contribution in [2.45, 2.75) is 25.8 Å². The highest BCUT2D eigenvalue weighted by Crippen LogP contribution is 2.22. The smallest absolute Gasteiger partial charge is 0.0700 e. The second-order valence-electron chi connectivity index (χ2n) is 4.51. The number of methoxy groups -OCH3 is 1. The van der Waals surface area contributed by atoms with Crippen LogP contribution in [0.2, 0.25) is 0 Å². The third-order valence-corrected chi connectivity index (χ3v) is 3.69. The van der Waals surface area contributed by atoms with E-state index in [4.69, 9.17) is 9.47 Å². The molecule has 1 aromatic rings. The number of nitrogens with one attached hydrogen (secondary N) is 1. The maximum Gasteiger partial charge on any atom is 0.0700 e. The van der Waals surface area contributed by atoms with Gasteiger partial charge in [-0.05, 0) is 37.9 Å². The fourth-order valence-corrected chi connectivity index (χ4v) is 2.46. The predicted octanol–water partition coefficient (Wildman–Crippen LogP) is 3.54. The van der Waals surface area contributed by atoms with Gasteiger partial charge in [-0.15, -0.1) is 0 Å². The first-order valence-corrected chi connectivity index (χ1v) is 7.59. The van der Waals surface area contributed by atoms with Crippen LogP contribution in [0.5, 0.6) is 0 Å². The van der Waals surface area contributed by atoms with E-state index in [0.29, 0.717) is 19.3 Å². The van der Waals surface area contributed by atoms with E-state index >= 15 is 0 Å². The van der Waals surface area contributed by atoms with E-state index in [1.54, 1.807) is 7.11 Å². The Morgan fingerprint density at radius 2 is 1.95 bits per heavy atom. The van der Waals surface area contributed by atoms with Crippen LogP contribution in [-0.2, 0) is 9.47 Å². The van der Waals surface area contributed by atoms with Crippen LogP contribution >= 0.6 is 15.9 Å². The van der Waals surface area contributed by atoms with Gasteiger partial charge in [0.05, 0.1) is 13.2 Å². The molecule has 0 aromatic heterocycles. The van der Waals surface area contributed by atoms with Crippen LogP contribution in [0.3, 0.4) is 0 Å². The van der Waals surface area contributed by atoms with Crippen molar-refractivity contribution in [2.75, 3.05) is 33.5 Å². The zero-order valence-corrected chi connectivity index (χ0v) is 13.4. The molecule has 108 valence electrons. The lowest BCUT2D eigenvalue weighted by molar-refractivity contribution is 0.0687. The van der Waals surface area contributed by atoms with Gasteiger partial charge in [-0.1, -0.05) is 34.1 Å². The molecule has 1 rings (SSSR count). The van der Waals surface area contributed by atoms with Crippen molar-refractivity contribution in [2.24, 2.45) is 0 Å². The Kier molecular flexibility index (Phi) is 9.08. The van der Waals surface area contributed by atoms with Crippen molar-refractivity contribution in [1.82, 2.24) is 5.32 Å². The van der Waals surface area contributed by atoms with Gasteiger partial charge in [0.25, 0.3) is 0 Å². The Bertz CT molecular complexity index is 347. The molecule has 0 bridgehead atoms. The van der Waals surface area contributed by atoms with Gasteiger partial charge in [-0.25, -0.2) is 0 Å². The third-order valence-electron chi connectivity index (χ3n) is 2.97. The molecule has 0 saturated heterocycles. The molecule has 1 N–H and O–H groups in total. The monoisotopic (exact) mass is 329 g/mol. The molecule has 0 amide bonds. The first-order chi connectivity index (χ1) is 9.25. The van der Waals surface area contributed by atoms with Crippen molar-refractivity contribution >= 4 is 15.9 Å². The summed E-state index contributed by atoms with van der Waals surface area (Å²) in [6, 6.07) is 8.71. The van der Waals surface area contributed by atoms with Gasteiger partial charge >= 0.3 is 0 Å². The minimum Gasteiger partial charge on any atom is -0.382 e. The number of ether oxygens (including phenoxy) is 2. The molecule has 0 saturated carbocycles. The van der Waals surface area contributed by atoms with E-state index in [0.717, 1.165) is 30.5 Å². The molecule has 4 heteroatoms. The van der Waals surface area contributed by atoms with Crippen LogP contribution in [0.4, 0.5) is 0 Å². The second-order valence-corrected chi connectivity index (χ2v) is 5.36. The van der Waals surface area contributed by atoms with Gasteiger partial charge in [0.1, 0.15) is 0 Å². The van der Waals surface area contributed by atoms with E-state index in [2.05, 4.69) is 46.4 Å². The number of halogens is 1. The molecule has 0 aliphatic carbocycles. The summed E-state index contributed by atoms with van der Waals surface area (Å²) >= 11 is 3.58. The minimum absolute atomic E-state index is 0.366. The van der Waals surface area contributed by atoms with Crippen molar-refractivity contribution in [1.29, 1.82) is 0 Å². The van der Waals surface area contributed by atoms with E-state index in [1.807, 2.05) is 6.07 Å². The Labute approximate surface area is 124 Å². The lowest BCUT2D eigenvalue weighted by Crippen LogP contribution is -2.20. The van der Waals surface area contributed by atoms with Crippen LogP contribution < -0.4 is 5.32 Å². The first kappa shape index (κ1) is 16.6. The van der Waals surface area contributed by atoms with E-state index in [-0.39, 0.29) is 0 Å². The number of hydrogen-bond acceptors (Lipinski definition) is 3. The third kappa shape index (κ3) is 7.06. The highest BCUT2D eigenvalue weighted by atomic mass is 79.9. The normalized spacial score (nSPS) is 12.6. The molecule has 0 fully saturated rings. The molecule has 0 aliphatic heterocycles. The summed E-state index contributed by atoms with van der Waals surface area (Å²) in [5, 5.41) is 3.53. The number of benzene rings is 1. The fraction of sp³-hybridized carbons (Fsp3) is 0.600. The molecule has 0 radical (unpaired) electrons. The van der Waals surface area contributed by atoms with Crippen molar-refractivity contribution in [3.8, 4) is 0 Å². The fourth-order valence-electron chi connectivity index (χ4n) is 1.83. The Morgan fingerprint density at radius 3 is 2.68 bits per heavy atom. The van der Waals surface area contributed by atoms with Crippen LogP contribution in [0.1, 0.15) is 31.4 Å². The zero-order valence-electron chi connectivity index (χ0n) is 11.8. The zero-order chi connectivity index (χ0) is 13.9. The van der Waals surface area contributed by atoms with Crippen molar-refractivity contribution in [3.05, 3.63) is 34.3 Å². The molecule has 1 aromatic carbocycles. The highest BCUT2D eigenvalue weighted by molar-refractivity contribution is 9.10. The van der Waals surface area contributed by atoms with Crippen molar-refractivity contribution in [3.63, 3.8) is 0 Å². The Balaban J connectivity index is 2.08. The largest absolute Gasteiger partial charge is 0.382 e. The summed E-state index contributed by atoms with van der Waals surface area (Å²) in [5.74, 6) is 0. The van der Waals surface area contributed by atoms with Gasteiger partial charge in [0, 0.05) is 24.2 Å². The molecule has 0 spiro atoms. The standard InChI is InChI=1S/C15H24BrNO2/c1-13(14-7-3-4-8-15(14)16)17-9-5-6-10-19-12-11-18-2/h3-4,7-8,13,17H,5-6,9-12H2,1-2H3. The lowest BCUT2D eigenvalue weighted by atomic mass is 10.1. The van der Waals surface area contributed by atoms with E-state index < -0.39 is 0 Å². The Morgan fingerprint density at radius 1 is 1.16 bits per heavy atom. The van der Waals surface area contributed by atoms with Crippen LogP contribution in [-0.4, -0.2) is 33.5 Å². The quantitative estimate of drug-likeness (QED) is 0.666. The summed E-state index contributed by atoms with van der Waals surface area (Å²) in [6.45, 7) is 5.38. The van der Waals surface area contributed by atoms with Crippen LogP contribution in [0, 0.1) is 0 Å². The number of hydrogen-bond donors (Lipinski definition) is 1. The Hall–Kier alpha value is -0.420. The summed E-state index contributed by atoms with van der Waals surface area (Å²) in [5.41, 5.74) is 1.30. The molecule has 1 unspecified atom stereocenters. The van der Waals surface area contributed by atoms with Crippen LogP contribution in [0.25, 0.3) is 0 Å². The predicted molar refractivity (Wildman–Crippen MR) is 82.5 cm³/mol. The van der Waals surface area contributed by atoms with Gasteiger partial charge in [-0.3, -0.25) is 0 Å². The molecule has 19 heavy (non-hydrogen) atoms. The molecule has 1 atom stereocenters. The van der Waals surface area contributed by atoms with E-state index in [9.17, 15) is 0 Å². The average molecular weight is 330 g/mol. The molecule has 3 nitrogen and oxygen atoms in total. The number of rotatable bonds is 10. The lowest BCUT2D eigenvalue weighted by Gasteiger charge is -2.15. The second kappa shape index (κ2) is 10.4. The van der Waals surface area contributed by atoms with Gasteiger partial charge < -0.3 is 14.8 Å². The maximum atomic E-state index is 5.42. The molecular weight excluding hydrogens is 306 g/mol. The van der Waals surface area contributed by atoms with Gasteiger partial charge in [0.15, 0.2) is 0 Å². The van der Waals surface area contributed by atoms with Crippen LogP contribution in [0.15, 0.2) is 28.7 Å². The summed E-state index contributed by atoms with van der Waals surface area (Å²) in [6.07, 6.45) is 2.21. The summed E-state index contributed by atoms with van der Waals surface area (Å²) < 4.78 is 11.5. The highest BCUT2D eigenvalue weighted by Gasteiger charge is 2.07. The topological polar surface area (TPSA) is 30.5 Å².